The Hall–Kier alpha value is -3.03. The number of carbonyl (C=O) groups excluding carboxylic acids is 2. The quantitative estimate of drug-likeness (QED) is 0.622. The van der Waals surface area contributed by atoms with Crippen LogP contribution in [0.5, 0.6) is 0 Å². The molecule has 0 aliphatic rings. The summed E-state index contributed by atoms with van der Waals surface area (Å²) in [4.78, 5) is 37.0. The highest BCUT2D eigenvalue weighted by molar-refractivity contribution is 5.88. The van der Waals surface area contributed by atoms with E-state index in [0.29, 0.717) is 0 Å². The van der Waals surface area contributed by atoms with Crippen LogP contribution in [0, 0.1) is 0 Å². The van der Waals surface area contributed by atoms with Crippen molar-refractivity contribution in [2.75, 3.05) is 13.7 Å². The molecule has 1 aromatic carbocycles. The number of methoxy groups -OCH3 is 1. The molecule has 0 unspecified atom stereocenters. The first kappa shape index (κ1) is 16.3. The van der Waals surface area contributed by atoms with Crippen molar-refractivity contribution < 1.29 is 24.2 Å². The van der Waals surface area contributed by atoms with Gasteiger partial charge in [-0.05, 0) is 11.6 Å². The van der Waals surface area contributed by atoms with Gasteiger partial charge in [0.05, 0.1) is 7.11 Å². The Labute approximate surface area is 131 Å². The molecular formula is C15H17N3O5. The molecule has 0 spiro atoms. The summed E-state index contributed by atoms with van der Waals surface area (Å²) in [5.41, 5.74) is 1.68. The zero-order chi connectivity index (χ0) is 16.8. The molecule has 1 atom stereocenters. The number of alkyl carbamates (subject to hydrolysis) is 1. The van der Waals surface area contributed by atoms with Gasteiger partial charge < -0.3 is 25.5 Å². The number of aromatic nitrogens is 1. The molecule has 0 saturated carbocycles. The van der Waals surface area contributed by atoms with E-state index in [0.717, 1.165) is 16.5 Å². The van der Waals surface area contributed by atoms with Crippen LogP contribution in [0.15, 0.2) is 30.5 Å². The van der Waals surface area contributed by atoms with Gasteiger partial charge >= 0.3 is 12.1 Å². The lowest BCUT2D eigenvalue weighted by Gasteiger charge is -2.14. The summed E-state index contributed by atoms with van der Waals surface area (Å²) in [7, 11) is 1.17. The van der Waals surface area contributed by atoms with Gasteiger partial charge in [0.25, 0.3) is 0 Å². The van der Waals surface area contributed by atoms with E-state index in [1.807, 2.05) is 24.3 Å². The molecule has 0 fully saturated rings. The molecule has 4 N–H and O–H groups in total. The molecule has 2 aromatic rings. The Balaban J connectivity index is 2.03. The fraction of sp³-hybridized carbons (Fsp3) is 0.267. The fourth-order valence-electron chi connectivity index (χ4n) is 2.19. The zero-order valence-electron chi connectivity index (χ0n) is 12.5. The van der Waals surface area contributed by atoms with E-state index in [2.05, 4.69) is 20.4 Å². The minimum Gasteiger partial charge on any atom is -0.480 e. The van der Waals surface area contributed by atoms with Crippen molar-refractivity contribution >= 4 is 28.9 Å². The van der Waals surface area contributed by atoms with E-state index in [4.69, 9.17) is 0 Å². The number of carbonyl (C=O) groups is 3. The minimum atomic E-state index is -1.15. The number of fused-ring (bicyclic) bond motifs is 1. The van der Waals surface area contributed by atoms with Gasteiger partial charge in [0, 0.05) is 23.5 Å². The van der Waals surface area contributed by atoms with Crippen molar-refractivity contribution in [2.24, 2.45) is 0 Å². The number of carboxylic acids is 1. The smallest absolute Gasteiger partial charge is 0.407 e. The number of aliphatic carboxylic acids is 1. The number of nitrogens with one attached hydrogen (secondary N) is 3. The average molecular weight is 319 g/mol. The number of rotatable bonds is 6. The second-order valence-electron chi connectivity index (χ2n) is 4.87. The summed E-state index contributed by atoms with van der Waals surface area (Å²) in [5, 5.41) is 14.8. The molecular weight excluding hydrogens is 302 g/mol. The summed E-state index contributed by atoms with van der Waals surface area (Å²) in [6.45, 7) is -0.357. The van der Waals surface area contributed by atoms with Gasteiger partial charge in [0.15, 0.2) is 0 Å². The van der Waals surface area contributed by atoms with Gasteiger partial charge in [-0.25, -0.2) is 9.59 Å². The van der Waals surface area contributed by atoms with Crippen molar-refractivity contribution in [3.05, 3.63) is 36.0 Å². The van der Waals surface area contributed by atoms with E-state index < -0.39 is 24.0 Å². The summed E-state index contributed by atoms with van der Waals surface area (Å²) in [5.74, 6) is -1.76. The standard InChI is InChI=1S/C15H17N3O5/c1-23-15(22)17-8-13(19)18-12(14(20)21)6-9-7-16-11-5-3-2-4-10(9)11/h2-5,7,12,16H,6,8H2,1H3,(H,17,22)(H,18,19)(H,20,21)/t12-/m0/s1. The zero-order valence-corrected chi connectivity index (χ0v) is 12.5. The molecule has 1 aromatic heterocycles. The topological polar surface area (TPSA) is 121 Å². The van der Waals surface area contributed by atoms with Gasteiger partial charge in [-0.2, -0.15) is 0 Å². The third-order valence-electron chi connectivity index (χ3n) is 3.31. The summed E-state index contributed by atoms with van der Waals surface area (Å²) in [6, 6.07) is 6.39. The van der Waals surface area contributed by atoms with E-state index in [1.54, 1.807) is 6.20 Å². The van der Waals surface area contributed by atoms with Gasteiger partial charge in [-0.3, -0.25) is 4.79 Å². The monoisotopic (exact) mass is 319 g/mol. The number of hydrogen-bond donors (Lipinski definition) is 4. The maximum atomic E-state index is 11.7. The first-order chi connectivity index (χ1) is 11.0. The molecule has 2 amide bonds. The molecule has 8 nitrogen and oxygen atoms in total. The number of para-hydroxylation sites is 1. The third-order valence-corrected chi connectivity index (χ3v) is 3.31. The van der Waals surface area contributed by atoms with Crippen LogP contribution in [-0.2, 0) is 20.7 Å². The first-order valence-corrected chi connectivity index (χ1v) is 6.90. The predicted molar refractivity (Wildman–Crippen MR) is 82.0 cm³/mol. The number of benzene rings is 1. The molecule has 0 bridgehead atoms. The average Bonchev–Trinajstić information content (AvgIpc) is 2.95. The largest absolute Gasteiger partial charge is 0.480 e. The van der Waals surface area contributed by atoms with E-state index >= 15 is 0 Å². The lowest BCUT2D eigenvalue weighted by Crippen LogP contribution is -2.46. The minimum absolute atomic E-state index is 0.128. The highest BCUT2D eigenvalue weighted by Gasteiger charge is 2.22. The maximum absolute atomic E-state index is 11.7. The van der Waals surface area contributed by atoms with Crippen LogP contribution in [0.4, 0.5) is 4.79 Å². The molecule has 0 saturated heterocycles. The van der Waals surface area contributed by atoms with Crippen molar-refractivity contribution in [2.45, 2.75) is 12.5 Å². The number of hydrogen-bond acceptors (Lipinski definition) is 4. The number of carboxylic acid groups (broad SMARTS) is 1. The Morgan fingerprint density at radius 3 is 2.74 bits per heavy atom. The van der Waals surface area contributed by atoms with Crippen LogP contribution >= 0.6 is 0 Å². The Bertz CT molecular complexity index is 725. The fourth-order valence-corrected chi connectivity index (χ4v) is 2.19. The Morgan fingerprint density at radius 2 is 2.04 bits per heavy atom. The van der Waals surface area contributed by atoms with Crippen molar-refractivity contribution in [3.63, 3.8) is 0 Å². The second kappa shape index (κ2) is 7.30. The number of amides is 2. The lowest BCUT2D eigenvalue weighted by atomic mass is 10.1. The molecule has 8 heteroatoms. The molecule has 1 heterocycles. The normalized spacial score (nSPS) is 11.7. The van der Waals surface area contributed by atoms with Crippen LogP contribution < -0.4 is 10.6 Å². The van der Waals surface area contributed by atoms with E-state index in [9.17, 15) is 19.5 Å². The van der Waals surface area contributed by atoms with Crippen LogP contribution in [0.1, 0.15) is 5.56 Å². The van der Waals surface area contributed by atoms with E-state index in [-0.39, 0.29) is 13.0 Å². The summed E-state index contributed by atoms with van der Waals surface area (Å²) in [6.07, 6.45) is 1.09. The van der Waals surface area contributed by atoms with Gasteiger partial charge in [0.1, 0.15) is 12.6 Å². The van der Waals surface area contributed by atoms with Gasteiger partial charge in [0.2, 0.25) is 5.91 Å². The Kier molecular flexibility index (Phi) is 5.19. The van der Waals surface area contributed by atoms with Crippen LogP contribution in [0.25, 0.3) is 10.9 Å². The summed E-state index contributed by atoms with van der Waals surface area (Å²) < 4.78 is 4.34. The van der Waals surface area contributed by atoms with Gasteiger partial charge in [-0.15, -0.1) is 0 Å². The molecule has 2 rings (SSSR count). The third kappa shape index (κ3) is 4.22. The molecule has 0 radical (unpaired) electrons. The second-order valence-corrected chi connectivity index (χ2v) is 4.87. The highest BCUT2D eigenvalue weighted by atomic mass is 16.5. The van der Waals surface area contributed by atoms with Crippen molar-refractivity contribution in [3.8, 4) is 0 Å². The Morgan fingerprint density at radius 1 is 1.30 bits per heavy atom. The molecule has 0 aliphatic heterocycles. The van der Waals surface area contributed by atoms with Crippen LogP contribution in [-0.4, -0.2) is 47.8 Å². The molecule has 0 aliphatic carbocycles. The predicted octanol–water partition coefficient (Wildman–Crippen LogP) is 0.636. The van der Waals surface area contributed by atoms with Crippen LogP contribution in [0.3, 0.4) is 0 Å². The number of aromatic amines is 1. The molecule has 23 heavy (non-hydrogen) atoms. The molecule has 122 valence electrons. The van der Waals surface area contributed by atoms with Crippen molar-refractivity contribution in [1.82, 2.24) is 15.6 Å². The first-order valence-electron chi connectivity index (χ1n) is 6.90. The highest BCUT2D eigenvalue weighted by Crippen LogP contribution is 2.19. The van der Waals surface area contributed by atoms with E-state index in [1.165, 1.54) is 7.11 Å². The summed E-state index contributed by atoms with van der Waals surface area (Å²) >= 11 is 0. The number of ether oxygens (including phenoxy) is 1. The SMILES string of the molecule is COC(=O)NCC(=O)N[C@@H](Cc1c[nH]c2ccccc12)C(=O)O. The maximum Gasteiger partial charge on any atom is 0.407 e. The van der Waals surface area contributed by atoms with Gasteiger partial charge in [-0.1, -0.05) is 18.2 Å². The van der Waals surface area contributed by atoms with Crippen LogP contribution in [0.2, 0.25) is 0 Å². The van der Waals surface area contributed by atoms with Crippen molar-refractivity contribution in [1.29, 1.82) is 0 Å². The lowest BCUT2D eigenvalue weighted by molar-refractivity contribution is -0.141. The number of H-pyrrole nitrogens is 1.